The van der Waals surface area contributed by atoms with E-state index in [1.165, 1.54) is 54.4 Å². The van der Waals surface area contributed by atoms with Crippen LogP contribution in [0.3, 0.4) is 0 Å². The minimum absolute atomic E-state index is 0.250. The van der Waals surface area contributed by atoms with Crippen LogP contribution in [0.1, 0.15) is 34.2 Å². The van der Waals surface area contributed by atoms with Crippen molar-refractivity contribution in [2.24, 2.45) is 10.9 Å². The molecule has 0 heterocycles. The summed E-state index contributed by atoms with van der Waals surface area (Å²) < 4.78 is 10.8. The highest BCUT2D eigenvalue weighted by Crippen LogP contribution is 2.37. The molecule has 0 aromatic heterocycles. The number of nitrogens with two attached hydrogens (primary N) is 3. The topological polar surface area (TPSA) is 124 Å². The summed E-state index contributed by atoms with van der Waals surface area (Å²) in [6, 6.07) is 9.77. The van der Waals surface area contributed by atoms with Crippen LogP contribution in [0.15, 0.2) is 35.2 Å². The van der Waals surface area contributed by atoms with Crippen LogP contribution < -0.4 is 21.9 Å². The van der Waals surface area contributed by atoms with Crippen molar-refractivity contribution in [1.82, 2.24) is 5.32 Å². The van der Waals surface area contributed by atoms with Crippen molar-refractivity contribution in [2.45, 2.75) is 43.5 Å². The normalized spacial score (nSPS) is 14.3. The van der Waals surface area contributed by atoms with Gasteiger partial charge >= 0.3 is 0 Å². The SMILES string of the molecule is CNCc1ccc(S(N)=O)cc1.NC=O.Nc1c2c(cc3c1CC3)CCC2. The molecule has 27 heavy (non-hydrogen) atoms. The number of hydrogen-bond donors (Lipinski definition) is 4. The molecule has 0 spiro atoms. The van der Waals surface area contributed by atoms with Gasteiger partial charge in [0.15, 0.2) is 0 Å². The maximum absolute atomic E-state index is 10.8. The molecule has 0 saturated heterocycles. The summed E-state index contributed by atoms with van der Waals surface area (Å²) in [7, 11) is 0.522. The maximum atomic E-state index is 10.8. The number of carbonyl (C=O) groups excluding carboxylic acids is 1. The number of amides is 1. The highest BCUT2D eigenvalue weighted by Gasteiger charge is 2.23. The van der Waals surface area contributed by atoms with Crippen molar-refractivity contribution < 1.29 is 9.00 Å². The molecule has 0 aliphatic heterocycles. The van der Waals surface area contributed by atoms with Crippen molar-refractivity contribution >= 4 is 23.1 Å². The molecule has 7 N–H and O–H groups in total. The summed E-state index contributed by atoms with van der Waals surface area (Å²) in [6.45, 7) is 0.817. The van der Waals surface area contributed by atoms with Gasteiger partial charge in [0.2, 0.25) is 6.41 Å². The van der Waals surface area contributed by atoms with E-state index in [9.17, 15) is 4.21 Å². The number of rotatable bonds is 3. The van der Waals surface area contributed by atoms with E-state index in [1.54, 1.807) is 12.1 Å². The Balaban J connectivity index is 0.000000170. The zero-order valence-corrected chi connectivity index (χ0v) is 16.5. The van der Waals surface area contributed by atoms with Crippen molar-refractivity contribution in [1.29, 1.82) is 0 Å². The first-order valence-corrected chi connectivity index (χ1v) is 10.2. The number of carbonyl (C=O) groups is 1. The van der Waals surface area contributed by atoms with E-state index >= 15 is 0 Å². The number of primary amides is 1. The van der Waals surface area contributed by atoms with Crippen molar-refractivity contribution in [3.8, 4) is 0 Å². The van der Waals surface area contributed by atoms with Gasteiger partial charge in [-0.25, -0.2) is 9.35 Å². The van der Waals surface area contributed by atoms with E-state index in [-0.39, 0.29) is 6.41 Å². The predicted molar refractivity (Wildman–Crippen MR) is 110 cm³/mol. The fourth-order valence-electron chi connectivity index (χ4n) is 3.43. The molecule has 1 unspecified atom stereocenters. The molecule has 2 aromatic rings. The number of fused-ring (bicyclic) bond motifs is 2. The van der Waals surface area contributed by atoms with Gasteiger partial charge in [-0.2, -0.15) is 0 Å². The summed E-state index contributed by atoms with van der Waals surface area (Å²) in [4.78, 5) is 9.25. The largest absolute Gasteiger partial charge is 0.398 e. The average molecular weight is 389 g/mol. The molecule has 4 rings (SSSR count). The number of hydrogen-bond acceptors (Lipinski definition) is 4. The molecule has 0 saturated carbocycles. The Morgan fingerprint density at radius 3 is 2.19 bits per heavy atom. The highest BCUT2D eigenvalue weighted by molar-refractivity contribution is 7.82. The van der Waals surface area contributed by atoms with E-state index in [0.29, 0.717) is 4.90 Å². The first-order chi connectivity index (χ1) is 13.0. The average Bonchev–Trinajstić information content (AvgIpc) is 3.09. The van der Waals surface area contributed by atoms with Gasteiger partial charge in [0.05, 0.1) is 4.90 Å². The van der Waals surface area contributed by atoms with Crippen LogP contribution in [0.4, 0.5) is 5.69 Å². The van der Waals surface area contributed by atoms with E-state index in [4.69, 9.17) is 15.7 Å². The molecule has 2 aliphatic rings. The minimum Gasteiger partial charge on any atom is -0.398 e. The fourth-order valence-corrected chi connectivity index (χ4v) is 3.84. The number of aryl methyl sites for hydroxylation is 2. The van der Waals surface area contributed by atoms with E-state index in [0.717, 1.165) is 17.8 Å². The van der Waals surface area contributed by atoms with Crippen LogP contribution in [0.25, 0.3) is 0 Å². The zero-order valence-electron chi connectivity index (χ0n) is 15.7. The van der Waals surface area contributed by atoms with Crippen molar-refractivity contribution in [3.05, 3.63) is 58.1 Å². The number of benzene rings is 2. The summed E-state index contributed by atoms with van der Waals surface area (Å²) in [5.41, 5.74) is 18.5. The van der Waals surface area contributed by atoms with Crippen LogP contribution in [0.5, 0.6) is 0 Å². The molecular formula is C20H28N4O2S. The Bertz CT molecular complexity index is 807. The Morgan fingerprint density at radius 2 is 1.67 bits per heavy atom. The first-order valence-electron chi connectivity index (χ1n) is 8.98. The zero-order chi connectivity index (χ0) is 19.8. The molecule has 0 fully saturated rings. The lowest BCUT2D eigenvalue weighted by Gasteiger charge is -2.23. The van der Waals surface area contributed by atoms with Crippen LogP contribution in [-0.2, 0) is 48.0 Å². The van der Waals surface area contributed by atoms with Crippen LogP contribution in [0, 0.1) is 0 Å². The lowest BCUT2D eigenvalue weighted by Crippen LogP contribution is -2.13. The van der Waals surface area contributed by atoms with E-state index < -0.39 is 11.0 Å². The number of nitrogen functional groups attached to an aromatic ring is 1. The van der Waals surface area contributed by atoms with Gasteiger partial charge in [0.1, 0.15) is 11.0 Å². The van der Waals surface area contributed by atoms with Gasteiger partial charge < -0.3 is 16.8 Å². The summed E-state index contributed by atoms with van der Waals surface area (Å²) in [5, 5.41) is 8.22. The summed E-state index contributed by atoms with van der Waals surface area (Å²) in [5.74, 6) is 0. The van der Waals surface area contributed by atoms with Gasteiger partial charge in [0, 0.05) is 12.2 Å². The molecule has 1 amide bonds. The number of nitrogens with one attached hydrogen (secondary N) is 1. The Kier molecular flexibility index (Phi) is 7.97. The lowest BCUT2D eigenvalue weighted by atomic mass is 9.84. The maximum Gasteiger partial charge on any atom is 0.204 e. The second-order valence-electron chi connectivity index (χ2n) is 6.53. The van der Waals surface area contributed by atoms with Gasteiger partial charge in [-0.1, -0.05) is 18.2 Å². The summed E-state index contributed by atoms with van der Waals surface area (Å²) >= 11 is 0. The van der Waals surface area contributed by atoms with E-state index in [2.05, 4.69) is 17.1 Å². The van der Waals surface area contributed by atoms with Gasteiger partial charge in [0.25, 0.3) is 0 Å². The standard InChI is InChI=1S/C11H13N.C8H12N2OS.CH3NO/c12-11-9-3-1-2-7(9)6-8-4-5-10(8)11;1-10-6-7-2-4-8(5-3-7)12(9)11;2-1-3/h6H,1-5,12H2;2-5,10H,6,9H2,1H3;1H,(H2,2,3). The smallest absolute Gasteiger partial charge is 0.204 e. The quantitative estimate of drug-likeness (QED) is 0.468. The third-order valence-electron chi connectivity index (χ3n) is 4.83. The predicted octanol–water partition coefficient (Wildman–Crippen LogP) is 1.34. The summed E-state index contributed by atoms with van der Waals surface area (Å²) in [6.07, 6.45) is 6.50. The monoisotopic (exact) mass is 388 g/mol. The van der Waals surface area contributed by atoms with Gasteiger partial charge in [-0.3, -0.25) is 4.79 Å². The third-order valence-corrected chi connectivity index (χ3v) is 5.56. The minimum atomic E-state index is -1.36. The van der Waals surface area contributed by atoms with E-state index in [1.807, 2.05) is 19.2 Å². The van der Waals surface area contributed by atoms with Crippen molar-refractivity contribution in [3.63, 3.8) is 0 Å². The van der Waals surface area contributed by atoms with Gasteiger partial charge in [-0.15, -0.1) is 0 Å². The molecule has 146 valence electrons. The molecule has 6 nitrogen and oxygen atoms in total. The molecule has 1 atom stereocenters. The molecule has 2 aromatic carbocycles. The lowest BCUT2D eigenvalue weighted by molar-refractivity contribution is -0.106. The second kappa shape index (κ2) is 10.2. The molecular weight excluding hydrogens is 360 g/mol. The Labute approximate surface area is 163 Å². The fraction of sp³-hybridized carbons (Fsp3) is 0.350. The molecule has 0 bridgehead atoms. The Morgan fingerprint density at radius 1 is 1.07 bits per heavy atom. The highest BCUT2D eigenvalue weighted by atomic mass is 32.2. The molecule has 0 radical (unpaired) electrons. The Hall–Kier alpha value is -2.22. The molecule has 7 heteroatoms. The van der Waals surface area contributed by atoms with Gasteiger partial charge in [-0.05, 0) is 79.1 Å². The van der Waals surface area contributed by atoms with Crippen LogP contribution >= 0.6 is 0 Å². The second-order valence-corrected chi connectivity index (χ2v) is 7.59. The third kappa shape index (κ3) is 5.38. The van der Waals surface area contributed by atoms with Crippen LogP contribution in [0.2, 0.25) is 0 Å². The van der Waals surface area contributed by atoms with Crippen LogP contribution in [-0.4, -0.2) is 17.7 Å². The van der Waals surface area contributed by atoms with Crippen molar-refractivity contribution in [2.75, 3.05) is 12.8 Å². The molecule has 2 aliphatic carbocycles. The number of anilines is 1. The first kappa shape index (κ1) is 21.1.